The Morgan fingerprint density at radius 2 is 1.79 bits per heavy atom. The van der Waals surface area contributed by atoms with Crippen molar-refractivity contribution in [2.75, 3.05) is 13.3 Å². The molecule has 190 valence electrons. The van der Waals surface area contributed by atoms with Gasteiger partial charge in [-0.15, -0.1) is 0 Å². The molecule has 0 amide bonds. The van der Waals surface area contributed by atoms with Gasteiger partial charge in [-0.3, -0.25) is 13.9 Å². The van der Waals surface area contributed by atoms with Crippen molar-refractivity contribution in [3.63, 3.8) is 0 Å². The van der Waals surface area contributed by atoms with Gasteiger partial charge in [0, 0.05) is 18.6 Å². The zero-order valence-corrected chi connectivity index (χ0v) is 21.8. The van der Waals surface area contributed by atoms with Crippen LogP contribution >= 0.6 is 23.2 Å². The molecule has 3 rings (SSSR count). The number of ketones is 1. The van der Waals surface area contributed by atoms with Crippen molar-refractivity contribution in [3.8, 4) is 0 Å². The molecule has 16 heteroatoms. The Balaban J connectivity index is 1.79. The molecular formula is C18H27N2O11P3. The number of Topliss-reactive ketones (excluding diaryl/α,β-unsaturated/α-hetero) is 1. The number of rotatable bonds is 8. The van der Waals surface area contributed by atoms with Crippen molar-refractivity contribution in [3.05, 3.63) is 28.9 Å². The highest BCUT2D eigenvalue weighted by molar-refractivity contribution is 7.68. The summed E-state index contributed by atoms with van der Waals surface area (Å²) in [5.41, 5.74) is 1.18. The molecule has 13 nitrogen and oxygen atoms in total. The number of fused-ring (bicyclic) bond motifs is 1. The molecule has 1 saturated heterocycles. The van der Waals surface area contributed by atoms with Crippen LogP contribution in [0.15, 0.2) is 11.9 Å². The van der Waals surface area contributed by atoms with Gasteiger partial charge in [-0.05, 0) is 25.7 Å². The minimum Gasteiger partial charge on any atom is -0.363 e. The summed E-state index contributed by atoms with van der Waals surface area (Å²) in [6, 6.07) is 0. The topological polar surface area (TPSA) is 192 Å². The fourth-order valence-electron chi connectivity index (χ4n) is 4.12. The molecule has 3 unspecified atom stereocenters. The fourth-order valence-corrected chi connectivity index (χ4v) is 7.61. The molecule has 1 aromatic heterocycles. The van der Waals surface area contributed by atoms with E-state index in [2.05, 4.69) is 18.6 Å². The van der Waals surface area contributed by atoms with Crippen LogP contribution in [0.3, 0.4) is 0 Å². The summed E-state index contributed by atoms with van der Waals surface area (Å²) in [6.45, 7) is 7.42. The van der Waals surface area contributed by atoms with E-state index in [4.69, 9.17) is 14.2 Å². The molecule has 1 aliphatic heterocycles. The number of allylic oxidation sites excluding steroid dienone is 1. The number of aromatic nitrogens is 2. The molecule has 1 aliphatic carbocycles. The summed E-state index contributed by atoms with van der Waals surface area (Å²) in [4.78, 5) is 49.3. The number of hydrogen-bond donors (Lipinski definition) is 3. The molecule has 0 saturated carbocycles. The Labute approximate surface area is 196 Å². The van der Waals surface area contributed by atoms with Crippen molar-refractivity contribution in [2.24, 2.45) is 11.8 Å². The Bertz CT molecular complexity index is 1170. The van der Waals surface area contributed by atoms with Gasteiger partial charge in [-0.2, -0.15) is 4.31 Å². The lowest BCUT2D eigenvalue weighted by Gasteiger charge is -2.31. The Morgan fingerprint density at radius 3 is 2.41 bits per heavy atom. The van der Waals surface area contributed by atoms with Crippen LogP contribution in [0.4, 0.5) is 0 Å². The molecule has 34 heavy (non-hydrogen) atoms. The normalized spacial score (nSPS) is 32.3. The van der Waals surface area contributed by atoms with E-state index in [0.29, 0.717) is 23.6 Å². The van der Waals surface area contributed by atoms with E-state index in [1.165, 1.54) is 6.33 Å². The summed E-state index contributed by atoms with van der Waals surface area (Å²) in [7, 11) is -15.0. The summed E-state index contributed by atoms with van der Waals surface area (Å²) in [6.07, 6.45) is 2.62. The summed E-state index contributed by atoms with van der Waals surface area (Å²) in [5, 5.41) is 0. The smallest absolute Gasteiger partial charge is 0.363 e. The first-order chi connectivity index (χ1) is 15.4. The molecule has 0 radical (unpaired) electrons. The molecular weight excluding hydrogens is 513 g/mol. The van der Waals surface area contributed by atoms with Gasteiger partial charge in [0.15, 0.2) is 5.78 Å². The zero-order chi connectivity index (χ0) is 25.7. The molecule has 0 aromatic carbocycles. The lowest BCUT2D eigenvalue weighted by atomic mass is 9.78. The number of phosphoric acid groups is 2. The third-order valence-electron chi connectivity index (χ3n) is 5.95. The number of ether oxygens (including phenoxy) is 1. The van der Waals surface area contributed by atoms with Crippen LogP contribution in [0, 0.1) is 11.8 Å². The van der Waals surface area contributed by atoms with E-state index in [9.17, 15) is 28.3 Å². The summed E-state index contributed by atoms with van der Waals surface area (Å²) >= 11 is 0. The van der Waals surface area contributed by atoms with Crippen molar-refractivity contribution in [1.29, 1.82) is 0 Å². The first kappa shape index (κ1) is 27.5. The van der Waals surface area contributed by atoms with E-state index in [1.54, 1.807) is 6.92 Å². The van der Waals surface area contributed by atoms with Crippen LogP contribution < -0.4 is 0 Å². The fraction of sp³-hybridized carbons (Fsp3) is 0.611. The average molecular weight is 540 g/mol. The number of carbonyl (C=O) groups excluding carboxylic acids is 1. The predicted molar refractivity (Wildman–Crippen MR) is 119 cm³/mol. The van der Waals surface area contributed by atoms with E-state index >= 15 is 0 Å². The third kappa shape index (κ3) is 5.99. The van der Waals surface area contributed by atoms with E-state index in [-0.39, 0.29) is 24.0 Å². The molecule has 2 heterocycles. The van der Waals surface area contributed by atoms with Crippen molar-refractivity contribution in [1.82, 2.24) is 9.97 Å². The average Bonchev–Trinajstić information content (AvgIpc) is 2.88. The standard InChI is InChI=1S/C18H27N2O11P3/c1-10-6-13-16(14(21)7-10)19-9-20-17(13)18(4)12(3)11(2)15(29-18)8-28-33(24,25)31-34(26,27)30-32(5,22)23/h6,9,11-12,15H,7-8H2,1-5H3,(H,22,23)(H,24,25)(H,26,27)/t11-,12+,15+,18+/m0/s1. The van der Waals surface area contributed by atoms with Gasteiger partial charge in [0.05, 0.1) is 18.4 Å². The monoisotopic (exact) mass is 540 g/mol. The minimum atomic E-state index is -5.37. The Morgan fingerprint density at radius 1 is 1.15 bits per heavy atom. The van der Waals surface area contributed by atoms with Crippen molar-refractivity contribution < 1.29 is 51.1 Å². The predicted octanol–water partition coefficient (Wildman–Crippen LogP) is 3.42. The van der Waals surface area contributed by atoms with Crippen LogP contribution in [0.25, 0.3) is 6.08 Å². The van der Waals surface area contributed by atoms with Crippen LogP contribution in [0.2, 0.25) is 0 Å². The zero-order valence-electron chi connectivity index (χ0n) is 19.1. The molecule has 0 spiro atoms. The SMILES string of the molecule is CC1=Cc2c(ncnc2[C@]2(C)O[C@H](COP(=O)(O)OP(=O)(O)OP(C)(=O)O)[C@@H](C)[C@H]2C)C(=O)C1. The van der Waals surface area contributed by atoms with Crippen LogP contribution in [-0.2, 0) is 37.2 Å². The second kappa shape index (κ2) is 9.41. The highest BCUT2D eigenvalue weighted by Gasteiger charge is 2.52. The Hall–Kier alpha value is -1.10. The minimum absolute atomic E-state index is 0.130. The second-order valence-electron chi connectivity index (χ2n) is 8.69. The first-order valence-electron chi connectivity index (χ1n) is 10.2. The van der Waals surface area contributed by atoms with Gasteiger partial charge in [0.2, 0.25) is 0 Å². The van der Waals surface area contributed by atoms with E-state index < -0.39 is 41.6 Å². The third-order valence-corrected chi connectivity index (χ3v) is 10.1. The van der Waals surface area contributed by atoms with Gasteiger partial charge < -0.3 is 19.4 Å². The Kier molecular flexibility index (Phi) is 7.61. The molecule has 1 fully saturated rings. The second-order valence-corrected chi connectivity index (χ2v) is 13.7. The lowest BCUT2D eigenvalue weighted by molar-refractivity contribution is -0.0679. The first-order valence-corrected chi connectivity index (χ1v) is 15.2. The molecule has 3 N–H and O–H groups in total. The largest absolute Gasteiger partial charge is 0.488 e. The van der Waals surface area contributed by atoms with Crippen LogP contribution in [-0.4, -0.2) is 49.8 Å². The number of nitrogens with zero attached hydrogens (tertiary/aromatic N) is 2. The molecule has 7 atom stereocenters. The van der Waals surface area contributed by atoms with Crippen molar-refractivity contribution >= 4 is 35.1 Å². The van der Waals surface area contributed by atoms with Gasteiger partial charge in [0.1, 0.15) is 17.6 Å². The number of carbonyl (C=O) groups is 1. The maximum Gasteiger partial charge on any atom is 0.488 e. The van der Waals surface area contributed by atoms with E-state index in [1.807, 2.05) is 26.8 Å². The molecule has 2 aliphatic rings. The lowest BCUT2D eigenvalue weighted by Crippen LogP contribution is -2.32. The molecule has 1 aromatic rings. The maximum absolute atomic E-state index is 12.4. The van der Waals surface area contributed by atoms with Gasteiger partial charge in [-0.1, -0.05) is 25.5 Å². The van der Waals surface area contributed by atoms with Gasteiger partial charge in [0.25, 0.3) is 0 Å². The summed E-state index contributed by atoms with van der Waals surface area (Å²) in [5.74, 6) is -0.572. The number of phosphoric ester groups is 1. The molecule has 0 bridgehead atoms. The quantitative estimate of drug-likeness (QED) is 0.407. The highest BCUT2D eigenvalue weighted by atomic mass is 31.3. The maximum atomic E-state index is 12.4. The van der Waals surface area contributed by atoms with Gasteiger partial charge >= 0.3 is 23.2 Å². The van der Waals surface area contributed by atoms with Crippen LogP contribution in [0.1, 0.15) is 55.9 Å². The van der Waals surface area contributed by atoms with Crippen molar-refractivity contribution in [2.45, 2.75) is 45.8 Å². The summed E-state index contributed by atoms with van der Waals surface area (Å²) < 4.78 is 54.1. The highest BCUT2D eigenvalue weighted by Crippen LogP contribution is 2.66. The van der Waals surface area contributed by atoms with Crippen LogP contribution in [0.5, 0.6) is 0 Å². The van der Waals surface area contributed by atoms with Gasteiger partial charge in [-0.25, -0.2) is 23.4 Å². The number of hydrogen-bond acceptors (Lipinski definition) is 10. The van der Waals surface area contributed by atoms with E-state index in [0.717, 1.165) is 5.57 Å².